The zero-order chi connectivity index (χ0) is 14.7. The lowest BCUT2D eigenvalue weighted by Gasteiger charge is -2.11. The van der Waals surface area contributed by atoms with Gasteiger partial charge in [-0.15, -0.1) is 0 Å². The molecule has 20 heavy (non-hydrogen) atoms. The highest BCUT2D eigenvalue weighted by molar-refractivity contribution is 9.10. The van der Waals surface area contributed by atoms with Gasteiger partial charge in [0.25, 0.3) is 0 Å². The summed E-state index contributed by atoms with van der Waals surface area (Å²) in [5, 5.41) is 0. The van der Waals surface area contributed by atoms with Gasteiger partial charge >= 0.3 is 0 Å². The Morgan fingerprint density at radius 1 is 1.05 bits per heavy atom. The fraction of sp³-hybridized carbons (Fsp3) is 0.143. The molecule has 2 rings (SSSR count). The van der Waals surface area contributed by atoms with Gasteiger partial charge in [0.1, 0.15) is 12.4 Å². The van der Waals surface area contributed by atoms with Gasteiger partial charge in [0, 0.05) is 12.1 Å². The number of ether oxygens (including phenoxy) is 1. The first-order chi connectivity index (χ1) is 9.52. The smallest absolute Gasteiger partial charge is 0.191 e. The van der Waals surface area contributed by atoms with Crippen LogP contribution in [0.5, 0.6) is 5.75 Å². The summed E-state index contributed by atoms with van der Waals surface area (Å²) in [6, 6.07) is 6.57. The first-order valence-corrected chi connectivity index (χ1v) is 6.56. The maximum atomic E-state index is 13.7. The molecule has 0 heterocycles. The van der Waals surface area contributed by atoms with Crippen molar-refractivity contribution >= 4 is 15.9 Å². The van der Waals surface area contributed by atoms with E-state index in [0.29, 0.717) is 11.1 Å². The molecule has 0 radical (unpaired) electrons. The van der Waals surface area contributed by atoms with Crippen LogP contribution in [0, 0.1) is 17.5 Å². The average Bonchev–Trinajstić information content (AvgIpc) is 2.42. The molecule has 0 atom stereocenters. The van der Waals surface area contributed by atoms with Gasteiger partial charge < -0.3 is 10.5 Å². The molecule has 6 heteroatoms. The van der Waals surface area contributed by atoms with Crippen molar-refractivity contribution in [2.45, 2.75) is 13.2 Å². The van der Waals surface area contributed by atoms with Crippen LogP contribution in [-0.4, -0.2) is 0 Å². The third-order valence-electron chi connectivity index (χ3n) is 2.70. The van der Waals surface area contributed by atoms with Crippen LogP contribution in [0.15, 0.2) is 34.8 Å². The second-order valence-corrected chi connectivity index (χ2v) is 4.89. The number of hydrogen-bond donors (Lipinski definition) is 1. The lowest BCUT2D eigenvalue weighted by atomic mass is 10.2. The Bertz CT molecular complexity index is 611. The molecule has 0 aliphatic carbocycles. The molecule has 0 saturated carbocycles. The van der Waals surface area contributed by atoms with Crippen molar-refractivity contribution in [1.29, 1.82) is 0 Å². The van der Waals surface area contributed by atoms with Gasteiger partial charge in [-0.1, -0.05) is 12.1 Å². The van der Waals surface area contributed by atoms with E-state index < -0.39 is 23.2 Å². The predicted octanol–water partition coefficient (Wildman–Crippen LogP) is 3.90. The molecular formula is C14H11BrF3NO. The second kappa shape index (κ2) is 6.28. The van der Waals surface area contributed by atoms with Gasteiger partial charge in [0.2, 0.25) is 0 Å². The third kappa shape index (κ3) is 3.13. The quantitative estimate of drug-likeness (QED) is 0.911. The fourth-order valence-electron chi connectivity index (χ4n) is 1.68. The molecule has 0 aliphatic heterocycles. The third-order valence-corrected chi connectivity index (χ3v) is 3.59. The number of benzene rings is 2. The molecule has 2 N–H and O–H groups in total. The van der Waals surface area contributed by atoms with Crippen LogP contribution < -0.4 is 10.5 Å². The van der Waals surface area contributed by atoms with E-state index in [-0.39, 0.29) is 17.6 Å². The monoisotopic (exact) mass is 345 g/mol. The molecule has 0 saturated heterocycles. The Hall–Kier alpha value is -1.53. The van der Waals surface area contributed by atoms with Gasteiger partial charge in [-0.05, 0) is 39.7 Å². The van der Waals surface area contributed by atoms with Crippen molar-refractivity contribution in [2.24, 2.45) is 5.73 Å². The van der Waals surface area contributed by atoms with Gasteiger partial charge in [-0.2, -0.15) is 0 Å². The van der Waals surface area contributed by atoms with Crippen LogP contribution in [0.4, 0.5) is 13.2 Å². The zero-order valence-electron chi connectivity index (χ0n) is 10.3. The average molecular weight is 346 g/mol. The maximum Gasteiger partial charge on any atom is 0.191 e. The minimum atomic E-state index is -0.835. The molecule has 0 spiro atoms. The molecule has 2 nitrogen and oxygen atoms in total. The summed E-state index contributed by atoms with van der Waals surface area (Å²) >= 11 is 3.05. The van der Waals surface area contributed by atoms with Crippen molar-refractivity contribution in [3.05, 3.63) is 63.4 Å². The first-order valence-electron chi connectivity index (χ1n) is 5.76. The predicted molar refractivity (Wildman–Crippen MR) is 72.7 cm³/mol. The van der Waals surface area contributed by atoms with E-state index in [2.05, 4.69) is 15.9 Å². The zero-order valence-corrected chi connectivity index (χ0v) is 11.9. The van der Waals surface area contributed by atoms with E-state index in [9.17, 15) is 13.2 Å². The molecule has 0 aromatic heterocycles. The van der Waals surface area contributed by atoms with Crippen molar-refractivity contribution in [2.75, 3.05) is 0 Å². The molecule has 106 valence electrons. The minimum Gasteiger partial charge on any atom is -0.483 e. The number of hydrogen-bond acceptors (Lipinski definition) is 2. The second-order valence-electron chi connectivity index (χ2n) is 4.09. The van der Waals surface area contributed by atoms with Crippen molar-refractivity contribution in [3.63, 3.8) is 0 Å². The molecule has 0 aliphatic rings. The Morgan fingerprint density at radius 2 is 1.70 bits per heavy atom. The van der Waals surface area contributed by atoms with E-state index in [1.54, 1.807) is 6.07 Å². The summed E-state index contributed by atoms with van der Waals surface area (Å²) in [5.41, 5.74) is 6.10. The highest BCUT2D eigenvalue weighted by atomic mass is 79.9. The van der Waals surface area contributed by atoms with Gasteiger partial charge in [0.05, 0.1) is 4.47 Å². The highest BCUT2D eigenvalue weighted by Gasteiger charge is 2.14. The van der Waals surface area contributed by atoms with Crippen molar-refractivity contribution in [3.8, 4) is 5.75 Å². The van der Waals surface area contributed by atoms with Crippen LogP contribution in [0.1, 0.15) is 11.1 Å². The standard InChI is InChI=1S/C14H11BrF3NO/c15-13-9(2-1-3-10(13)16)7-20-14-11(17)4-8(6-19)5-12(14)18/h1-5H,6-7,19H2. The lowest BCUT2D eigenvalue weighted by Crippen LogP contribution is -2.04. The van der Waals surface area contributed by atoms with Crippen LogP contribution in [0.2, 0.25) is 0 Å². The Balaban J connectivity index is 2.21. The summed E-state index contributed by atoms with van der Waals surface area (Å²) in [6.07, 6.45) is 0. The van der Waals surface area contributed by atoms with Gasteiger partial charge in [0.15, 0.2) is 17.4 Å². The van der Waals surface area contributed by atoms with Crippen LogP contribution in [0.3, 0.4) is 0 Å². The van der Waals surface area contributed by atoms with E-state index in [1.165, 1.54) is 12.1 Å². The molecular weight excluding hydrogens is 335 g/mol. The minimum absolute atomic E-state index is 0.0313. The highest BCUT2D eigenvalue weighted by Crippen LogP contribution is 2.26. The van der Waals surface area contributed by atoms with Crippen LogP contribution in [-0.2, 0) is 13.2 Å². The van der Waals surface area contributed by atoms with E-state index in [1.807, 2.05) is 0 Å². The van der Waals surface area contributed by atoms with Crippen LogP contribution >= 0.6 is 15.9 Å². The topological polar surface area (TPSA) is 35.2 Å². The number of rotatable bonds is 4. The number of halogens is 4. The lowest BCUT2D eigenvalue weighted by molar-refractivity contribution is 0.272. The van der Waals surface area contributed by atoms with E-state index in [4.69, 9.17) is 10.5 Å². The summed E-state index contributed by atoms with van der Waals surface area (Å²) in [4.78, 5) is 0. The maximum absolute atomic E-state index is 13.7. The normalized spacial score (nSPS) is 10.7. The molecule has 0 unspecified atom stereocenters. The Kier molecular flexibility index (Phi) is 4.67. The van der Waals surface area contributed by atoms with Gasteiger partial charge in [-0.3, -0.25) is 0 Å². The Labute approximate surface area is 122 Å². The van der Waals surface area contributed by atoms with Crippen molar-refractivity contribution < 1.29 is 17.9 Å². The largest absolute Gasteiger partial charge is 0.483 e. The SMILES string of the molecule is NCc1cc(F)c(OCc2cccc(F)c2Br)c(F)c1. The summed E-state index contributed by atoms with van der Waals surface area (Å²) in [6.45, 7) is -0.127. The fourth-order valence-corrected chi connectivity index (χ4v) is 2.06. The number of nitrogens with two attached hydrogens (primary N) is 1. The van der Waals surface area contributed by atoms with Crippen molar-refractivity contribution in [1.82, 2.24) is 0 Å². The molecule has 2 aromatic carbocycles. The molecule has 0 amide bonds. The first kappa shape index (κ1) is 14.9. The van der Waals surface area contributed by atoms with E-state index in [0.717, 1.165) is 12.1 Å². The summed E-state index contributed by atoms with van der Waals surface area (Å²) in [7, 11) is 0. The molecule has 0 bridgehead atoms. The van der Waals surface area contributed by atoms with Gasteiger partial charge in [-0.25, -0.2) is 13.2 Å². The Morgan fingerprint density at radius 3 is 2.30 bits per heavy atom. The molecule has 0 fully saturated rings. The summed E-state index contributed by atoms with van der Waals surface area (Å²) in [5.74, 6) is -2.64. The van der Waals surface area contributed by atoms with E-state index >= 15 is 0 Å². The van der Waals surface area contributed by atoms with Crippen LogP contribution in [0.25, 0.3) is 0 Å². The summed E-state index contributed by atoms with van der Waals surface area (Å²) < 4.78 is 46.0. The molecule has 2 aromatic rings.